The monoisotopic (exact) mass is 327 g/mol. The van der Waals surface area contributed by atoms with E-state index in [2.05, 4.69) is 14.9 Å². The Labute approximate surface area is 141 Å². The van der Waals surface area contributed by atoms with E-state index in [9.17, 15) is 4.39 Å². The molecule has 0 spiro atoms. The predicted octanol–water partition coefficient (Wildman–Crippen LogP) is 2.72. The molecule has 2 aromatic rings. The summed E-state index contributed by atoms with van der Waals surface area (Å²) in [5.74, 6) is 0.242. The van der Waals surface area contributed by atoms with Crippen molar-refractivity contribution in [3.8, 4) is 0 Å². The van der Waals surface area contributed by atoms with Crippen molar-refractivity contribution in [2.24, 2.45) is 0 Å². The van der Waals surface area contributed by atoms with Gasteiger partial charge in [0.1, 0.15) is 12.1 Å². The average Bonchev–Trinajstić information content (AvgIpc) is 3.06. The first-order chi connectivity index (χ1) is 11.8. The maximum absolute atomic E-state index is 13.1. The molecule has 0 N–H and O–H groups in total. The Kier molecular flexibility index (Phi) is 4.54. The van der Waals surface area contributed by atoms with Crippen LogP contribution in [-0.4, -0.2) is 41.2 Å². The Morgan fingerprint density at radius 1 is 1.12 bits per heavy atom. The van der Waals surface area contributed by atoms with E-state index in [1.807, 2.05) is 12.1 Å². The van der Waals surface area contributed by atoms with Gasteiger partial charge >= 0.3 is 0 Å². The Morgan fingerprint density at radius 3 is 2.75 bits per heavy atom. The molecular weight excluding hydrogens is 305 g/mol. The second-order valence-corrected chi connectivity index (χ2v) is 6.65. The Balaban J connectivity index is 1.49. The van der Waals surface area contributed by atoms with Crippen LogP contribution in [0.5, 0.6) is 0 Å². The summed E-state index contributed by atoms with van der Waals surface area (Å²) in [6.45, 7) is 4.42. The quantitative estimate of drug-likeness (QED) is 0.869. The van der Waals surface area contributed by atoms with Crippen LogP contribution in [0.4, 0.5) is 4.39 Å². The molecule has 1 saturated heterocycles. The SMILES string of the molecule is Fc1ccc(CN2CCc3ncnc([C@H]4CCOC4)c3CC2)cc1. The first kappa shape index (κ1) is 15.7. The zero-order chi connectivity index (χ0) is 16.4. The van der Waals surface area contributed by atoms with Crippen molar-refractivity contribution in [2.75, 3.05) is 26.3 Å². The maximum Gasteiger partial charge on any atom is 0.123 e. The minimum absolute atomic E-state index is 0.180. The van der Waals surface area contributed by atoms with Crippen LogP contribution in [0, 0.1) is 5.82 Å². The summed E-state index contributed by atoms with van der Waals surface area (Å²) in [6.07, 6.45) is 4.69. The van der Waals surface area contributed by atoms with Gasteiger partial charge in [0.2, 0.25) is 0 Å². The van der Waals surface area contributed by atoms with Crippen LogP contribution in [-0.2, 0) is 24.1 Å². The largest absolute Gasteiger partial charge is 0.381 e. The summed E-state index contributed by atoms with van der Waals surface area (Å²) in [5, 5.41) is 0. The molecule has 1 atom stereocenters. The fraction of sp³-hybridized carbons (Fsp3) is 0.474. The lowest BCUT2D eigenvalue weighted by atomic mass is 9.96. The van der Waals surface area contributed by atoms with E-state index in [4.69, 9.17) is 4.74 Å². The molecule has 1 aromatic heterocycles. The smallest absolute Gasteiger partial charge is 0.123 e. The third-order valence-electron chi connectivity index (χ3n) is 5.05. The highest BCUT2D eigenvalue weighted by Crippen LogP contribution is 2.29. The summed E-state index contributed by atoms with van der Waals surface area (Å²) in [5.41, 5.74) is 4.86. The van der Waals surface area contributed by atoms with Crippen molar-refractivity contribution in [2.45, 2.75) is 31.7 Å². The van der Waals surface area contributed by atoms with Crippen LogP contribution in [0.2, 0.25) is 0 Å². The van der Waals surface area contributed by atoms with Crippen molar-refractivity contribution in [3.05, 3.63) is 58.9 Å². The summed E-state index contributed by atoms with van der Waals surface area (Å²) in [7, 11) is 0. The molecule has 4 rings (SSSR count). The number of halogens is 1. The molecule has 0 radical (unpaired) electrons. The first-order valence-electron chi connectivity index (χ1n) is 8.67. The van der Waals surface area contributed by atoms with Crippen LogP contribution in [0.15, 0.2) is 30.6 Å². The molecule has 0 saturated carbocycles. The van der Waals surface area contributed by atoms with Gasteiger partial charge in [0.05, 0.1) is 12.3 Å². The minimum Gasteiger partial charge on any atom is -0.381 e. The third kappa shape index (κ3) is 3.32. The number of rotatable bonds is 3. The number of benzene rings is 1. The third-order valence-corrected chi connectivity index (χ3v) is 5.05. The normalized spacial score (nSPS) is 21.5. The van der Waals surface area contributed by atoms with Gasteiger partial charge in [0.25, 0.3) is 0 Å². The van der Waals surface area contributed by atoms with Crippen molar-refractivity contribution < 1.29 is 9.13 Å². The lowest BCUT2D eigenvalue weighted by Gasteiger charge is -2.19. The molecule has 24 heavy (non-hydrogen) atoms. The molecule has 3 heterocycles. The predicted molar refractivity (Wildman–Crippen MR) is 89.3 cm³/mol. The average molecular weight is 327 g/mol. The lowest BCUT2D eigenvalue weighted by molar-refractivity contribution is 0.193. The highest BCUT2D eigenvalue weighted by Gasteiger charge is 2.25. The van der Waals surface area contributed by atoms with E-state index in [0.717, 1.165) is 57.7 Å². The number of ether oxygens (including phenoxy) is 1. The van der Waals surface area contributed by atoms with Crippen LogP contribution in [0.3, 0.4) is 0 Å². The zero-order valence-corrected chi connectivity index (χ0v) is 13.7. The molecule has 0 bridgehead atoms. The van der Waals surface area contributed by atoms with Crippen LogP contribution >= 0.6 is 0 Å². The van der Waals surface area contributed by atoms with Gasteiger partial charge in [-0.3, -0.25) is 4.90 Å². The lowest BCUT2D eigenvalue weighted by Crippen LogP contribution is -2.26. The Bertz CT molecular complexity index is 698. The van der Waals surface area contributed by atoms with E-state index in [1.54, 1.807) is 6.33 Å². The van der Waals surface area contributed by atoms with Crippen molar-refractivity contribution in [1.82, 2.24) is 14.9 Å². The van der Waals surface area contributed by atoms with E-state index >= 15 is 0 Å². The Morgan fingerprint density at radius 2 is 1.96 bits per heavy atom. The standard InChI is InChI=1S/C19H22FN3O/c20-16-3-1-14(2-4-16)11-23-8-5-17-18(6-9-23)21-13-22-19(17)15-7-10-24-12-15/h1-4,13,15H,5-12H2/t15-/m0/s1. The van der Waals surface area contributed by atoms with Crippen molar-refractivity contribution in [1.29, 1.82) is 0 Å². The van der Waals surface area contributed by atoms with Crippen LogP contribution < -0.4 is 0 Å². The van der Waals surface area contributed by atoms with Crippen LogP contribution in [0.25, 0.3) is 0 Å². The Hall–Kier alpha value is -1.85. The van der Waals surface area contributed by atoms with Gasteiger partial charge in [-0.2, -0.15) is 0 Å². The van der Waals surface area contributed by atoms with E-state index < -0.39 is 0 Å². The molecule has 4 nitrogen and oxygen atoms in total. The molecule has 0 amide bonds. The van der Waals surface area contributed by atoms with E-state index in [0.29, 0.717) is 5.92 Å². The van der Waals surface area contributed by atoms with Crippen molar-refractivity contribution >= 4 is 0 Å². The highest BCUT2D eigenvalue weighted by molar-refractivity contribution is 5.30. The van der Waals surface area contributed by atoms with Gasteiger partial charge in [-0.05, 0) is 36.1 Å². The fourth-order valence-electron chi connectivity index (χ4n) is 3.71. The van der Waals surface area contributed by atoms with Gasteiger partial charge in [-0.1, -0.05) is 12.1 Å². The zero-order valence-electron chi connectivity index (χ0n) is 13.7. The topological polar surface area (TPSA) is 38.2 Å². The summed E-state index contributed by atoms with van der Waals surface area (Å²) >= 11 is 0. The molecule has 126 valence electrons. The maximum atomic E-state index is 13.1. The minimum atomic E-state index is -0.180. The fourth-order valence-corrected chi connectivity index (χ4v) is 3.71. The number of aromatic nitrogens is 2. The molecule has 0 unspecified atom stereocenters. The van der Waals surface area contributed by atoms with E-state index in [-0.39, 0.29) is 5.82 Å². The van der Waals surface area contributed by atoms with Gasteiger partial charge < -0.3 is 4.74 Å². The van der Waals surface area contributed by atoms with Gasteiger partial charge in [-0.25, -0.2) is 14.4 Å². The first-order valence-corrected chi connectivity index (χ1v) is 8.67. The summed E-state index contributed by atoms with van der Waals surface area (Å²) in [6, 6.07) is 6.81. The van der Waals surface area contributed by atoms with E-state index in [1.165, 1.54) is 29.1 Å². The molecule has 0 aliphatic carbocycles. The second kappa shape index (κ2) is 6.95. The summed E-state index contributed by atoms with van der Waals surface area (Å²) in [4.78, 5) is 11.5. The second-order valence-electron chi connectivity index (χ2n) is 6.65. The number of nitrogens with zero attached hydrogens (tertiary/aromatic N) is 3. The molecule has 5 heteroatoms. The highest BCUT2D eigenvalue weighted by atomic mass is 19.1. The van der Waals surface area contributed by atoms with Crippen LogP contribution in [0.1, 0.15) is 34.9 Å². The number of fused-ring (bicyclic) bond motifs is 1. The molecule has 2 aliphatic heterocycles. The van der Waals surface area contributed by atoms with Crippen molar-refractivity contribution in [3.63, 3.8) is 0 Å². The molecule has 1 aromatic carbocycles. The van der Waals surface area contributed by atoms with Gasteiger partial charge in [0, 0.05) is 44.3 Å². The summed E-state index contributed by atoms with van der Waals surface area (Å²) < 4.78 is 18.6. The van der Waals surface area contributed by atoms with Gasteiger partial charge in [0.15, 0.2) is 0 Å². The van der Waals surface area contributed by atoms with Gasteiger partial charge in [-0.15, -0.1) is 0 Å². The molecule has 2 aliphatic rings. The molecule has 1 fully saturated rings. The number of hydrogen-bond acceptors (Lipinski definition) is 4. The molecular formula is C19H22FN3O. The number of hydrogen-bond donors (Lipinski definition) is 0.